The van der Waals surface area contributed by atoms with Crippen molar-refractivity contribution in [2.24, 2.45) is 0 Å². The third kappa shape index (κ3) is 4.60. The zero-order valence-corrected chi connectivity index (χ0v) is 11.5. The zero-order chi connectivity index (χ0) is 15.3. The normalized spacial score (nSPS) is 11.7. The summed E-state index contributed by atoms with van der Waals surface area (Å²) in [5, 5.41) is 0. The molecule has 0 saturated carbocycles. The second kappa shape index (κ2) is 6.45. The molecule has 0 N–H and O–H groups in total. The van der Waals surface area contributed by atoms with Crippen LogP contribution in [0.1, 0.15) is 22.8 Å². The minimum absolute atomic E-state index is 0.166. The number of nitrogens with zero attached hydrogens (tertiary/aromatic N) is 1. The van der Waals surface area contributed by atoms with Crippen LogP contribution in [0.15, 0.2) is 24.3 Å². The maximum atomic E-state index is 12.2. The van der Waals surface area contributed by atoms with Crippen LogP contribution in [0.25, 0.3) is 6.08 Å². The predicted molar refractivity (Wildman–Crippen MR) is 71.8 cm³/mol. The number of esters is 1. The maximum absolute atomic E-state index is 12.2. The Hall–Kier alpha value is -1.98. The summed E-state index contributed by atoms with van der Waals surface area (Å²) in [6, 6.07) is 4.42. The Bertz CT molecular complexity index is 508. The highest BCUT2D eigenvalue weighted by Crippen LogP contribution is 2.25. The van der Waals surface area contributed by atoms with E-state index < -0.39 is 12.1 Å². The van der Waals surface area contributed by atoms with Crippen LogP contribution in [-0.4, -0.2) is 32.8 Å². The molecular formula is C14H16F3NO2. The lowest BCUT2D eigenvalue weighted by atomic mass is 10.1. The van der Waals surface area contributed by atoms with Crippen molar-refractivity contribution in [1.82, 2.24) is 0 Å². The van der Waals surface area contributed by atoms with E-state index in [9.17, 15) is 18.0 Å². The van der Waals surface area contributed by atoms with Crippen molar-refractivity contribution in [1.29, 1.82) is 0 Å². The lowest BCUT2D eigenvalue weighted by molar-refractivity contribution is -0.0790. The fourth-order valence-electron chi connectivity index (χ4n) is 1.60. The van der Waals surface area contributed by atoms with Crippen LogP contribution in [0.5, 0.6) is 0 Å². The van der Waals surface area contributed by atoms with Gasteiger partial charge in [0.05, 0.1) is 12.2 Å². The van der Waals surface area contributed by atoms with Gasteiger partial charge in [0.25, 0.3) is 0 Å². The van der Waals surface area contributed by atoms with E-state index in [1.165, 1.54) is 18.2 Å². The number of benzene rings is 1. The number of anilines is 1. The Morgan fingerprint density at radius 3 is 2.50 bits per heavy atom. The third-order valence-corrected chi connectivity index (χ3v) is 2.48. The summed E-state index contributed by atoms with van der Waals surface area (Å²) >= 11 is 0. The summed E-state index contributed by atoms with van der Waals surface area (Å²) < 4.78 is 41.5. The first-order chi connectivity index (χ1) is 9.24. The summed E-state index contributed by atoms with van der Waals surface area (Å²) in [6.45, 7) is 1.93. The highest BCUT2D eigenvalue weighted by molar-refractivity contribution is 5.91. The highest BCUT2D eigenvalue weighted by Gasteiger charge is 2.22. The van der Waals surface area contributed by atoms with Crippen LogP contribution in [-0.2, 0) is 4.74 Å². The van der Waals surface area contributed by atoms with Crippen LogP contribution in [0, 0.1) is 0 Å². The van der Waals surface area contributed by atoms with E-state index >= 15 is 0 Å². The number of carbonyl (C=O) groups excluding carboxylic acids is 1. The molecule has 0 bridgehead atoms. The van der Waals surface area contributed by atoms with Gasteiger partial charge in [-0.25, -0.2) is 4.79 Å². The first-order valence-electron chi connectivity index (χ1n) is 5.99. The van der Waals surface area contributed by atoms with Gasteiger partial charge in [-0.15, -0.1) is 0 Å². The van der Waals surface area contributed by atoms with Gasteiger partial charge in [0, 0.05) is 25.9 Å². The average molecular weight is 287 g/mol. The minimum atomic E-state index is -4.37. The molecule has 20 heavy (non-hydrogen) atoms. The van der Waals surface area contributed by atoms with Crippen LogP contribution in [0.4, 0.5) is 18.9 Å². The van der Waals surface area contributed by atoms with Gasteiger partial charge in [0.2, 0.25) is 0 Å². The second-order valence-electron chi connectivity index (χ2n) is 4.26. The van der Waals surface area contributed by atoms with Gasteiger partial charge in [-0.05, 0) is 30.7 Å². The van der Waals surface area contributed by atoms with E-state index in [0.717, 1.165) is 6.08 Å². The number of carbonyl (C=O) groups is 1. The molecular weight excluding hydrogens is 271 g/mol. The van der Waals surface area contributed by atoms with Gasteiger partial charge in [0.1, 0.15) is 0 Å². The molecule has 1 aromatic rings. The molecule has 0 aromatic heterocycles. The Labute approximate surface area is 115 Å². The molecule has 1 aromatic carbocycles. The van der Waals surface area contributed by atoms with Gasteiger partial charge in [-0.3, -0.25) is 0 Å². The number of ether oxygens (including phenoxy) is 1. The topological polar surface area (TPSA) is 29.5 Å². The van der Waals surface area contributed by atoms with Crippen molar-refractivity contribution in [3.05, 3.63) is 35.4 Å². The molecule has 0 atom stereocenters. The molecule has 0 aliphatic carbocycles. The Kier molecular flexibility index (Phi) is 5.19. The highest BCUT2D eigenvalue weighted by atomic mass is 19.4. The van der Waals surface area contributed by atoms with Crippen molar-refractivity contribution in [3.8, 4) is 0 Å². The quantitative estimate of drug-likeness (QED) is 0.794. The summed E-state index contributed by atoms with van der Waals surface area (Å²) in [7, 11) is 3.38. The van der Waals surface area contributed by atoms with Crippen molar-refractivity contribution in [3.63, 3.8) is 0 Å². The first-order valence-corrected chi connectivity index (χ1v) is 5.99. The Morgan fingerprint density at radius 2 is 2.00 bits per heavy atom. The van der Waals surface area contributed by atoms with Crippen LogP contribution in [0.3, 0.4) is 0 Å². The van der Waals surface area contributed by atoms with Gasteiger partial charge < -0.3 is 9.64 Å². The number of hydrogen-bond acceptors (Lipinski definition) is 3. The molecule has 6 heteroatoms. The molecule has 0 spiro atoms. The molecule has 0 unspecified atom stereocenters. The molecule has 3 nitrogen and oxygen atoms in total. The number of rotatable bonds is 4. The van der Waals surface area contributed by atoms with Crippen LogP contribution >= 0.6 is 0 Å². The Morgan fingerprint density at radius 1 is 1.35 bits per heavy atom. The van der Waals surface area contributed by atoms with Crippen molar-refractivity contribution in [2.75, 3.05) is 25.6 Å². The Balaban J connectivity index is 3.15. The third-order valence-electron chi connectivity index (χ3n) is 2.48. The van der Waals surface area contributed by atoms with Crippen molar-refractivity contribution >= 4 is 17.7 Å². The van der Waals surface area contributed by atoms with Crippen LogP contribution < -0.4 is 4.90 Å². The molecule has 0 fully saturated rings. The van der Waals surface area contributed by atoms with E-state index in [1.54, 1.807) is 25.9 Å². The van der Waals surface area contributed by atoms with Crippen molar-refractivity contribution < 1.29 is 22.7 Å². The van der Waals surface area contributed by atoms with Crippen LogP contribution in [0.2, 0.25) is 0 Å². The predicted octanol–water partition coefficient (Wildman–Crippen LogP) is 3.50. The number of allylic oxidation sites excluding steroid dienone is 1. The second-order valence-corrected chi connectivity index (χ2v) is 4.26. The standard InChI is InChI=1S/C14H16F3NO2/c1-4-20-13(19)11-6-5-10(7-8-14(15,16)17)12(9-11)18(2)3/h5-9H,4H2,1-3H3/b8-7+. The van der Waals surface area contributed by atoms with Gasteiger partial charge in [-0.1, -0.05) is 6.07 Å². The molecule has 0 saturated heterocycles. The number of halogens is 3. The zero-order valence-electron chi connectivity index (χ0n) is 11.5. The number of alkyl halides is 3. The van der Waals surface area contributed by atoms with Gasteiger partial charge >= 0.3 is 12.1 Å². The SMILES string of the molecule is CCOC(=O)c1ccc(/C=C/C(F)(F)F)c(N(C)C)c1. The molecule has 110 valence electrons. The smallest absolute Gasteiger partial charge is 0.409 e. The van der Waals surface area contributed by atoms with E-state index in [-0.39, 0.29) is 12.7 Å². The summed E-state index contributed by atoms with van der Waals surface area (Å²) in [6.07, 6.45) is -3.23. The lowest BCUT2D eigenvalue weighted by Gasteiger charge is -2.17. The van der Waals surface area contributed by atoms with Gasteiger partial charge in [0.15, 0.2) is 0 Å². The van der Waals surface area contributed by atoms with E-state index in [0.29, 0.717) is 16.8 Å². The number of hydrogen-bond donors (Lipinski definition) is 0. The largest absolute Gasteiger partial charge is 0.462 e. The molecule has 0 heterocycles. The molecule has 0 amide bonds. The molecule has 0 aliphatic rings. The van der Waals surface area contributed by atoms with Gasteiger partial charge in [-0.2, -0.15) is 13.2 Å². The summed E-state index contributed by atoms with van der Waals surface area (Å²) in [5.41, 5.74) is 1.19. The van der Waals surface area contributed by atoms with E-state index in [1.807, 2.05) is 0 Å². The monoisotopic (exact) mass is 287 g/mol. The molecule has 1 rings (SSSR count). The fourth-order valence-corrected chi connectivity index (χ4v) is 1.60. The fraction of sp³-hybridized carbons (Fsp3) is 0.357. The maximum Gasteiger partial charge on any atom is 0.409 e. The lowest BCUT2D eigenvalue weighted by Crippen LogP contribution is -2.13. The molecule has 0 radical (unpaired) electrons. The summed E-state index contributed by atoms with van der Waals surface area (Å²) in [4.78, 5) is 13.2. The first kappa shape index (κ1) is 16.1. The molecule has 0 aliphatic heterocycles. The van der Waals surface area contributed by atoms with Crippen molar-refractivity contribution in [2.45, 2.75) is 13.1 Å². The summed E-state index contributed by atoms with van der Waals surface area (Å²) in [5.74, 6) is -0.498. The van der Waals surface area contributed by atoms with E-state index in [2.05, 4.69) is 0 Å². The average Bonchev–Trinajstić information content (AvgIpc) is 2.35. The van der Waals surface area contributed by atoms with E-state index in [4.69, 9.17) is 4.74 Å². The minimum Gasteiger partial charge on any atom is -0.462 e.